The molecule has 6 heteroatoms. The van der Waals surface area contributed by atoms with Gasteiger partial charge in [0.15, 0.2) is 5.96 Å². The molecular weight excluding hydrogens is 431 g/mol. The molecule has 0 spiro atoms. The molecule has 24 heavy (non-hydrogen) atoms. The molecule has 0 aromatic carbocycles. The molecule has 1 aliphatic heterocycles. The van der Waals surface area contributed by atoms with Crippen molar-refractivity contribution in [1.29, 1.82) is 0 Å². The number of halogens is 1. The van der Waals surface area contributed by atoms with Crippen LogP contribution in [0.5, 0.6) is 0 Å². The zero-order valence-corrected chi connectivity index (χ0v) is 17.8. The normalized spacial score (nSPS) is 17.6. The number of nitrogens with one attached hydrogen (secondary N) is 2. The van der Waals surface area contributed by atoms with Crippen molar-refractivity contribution < 1.29 is 0 Å². The second-order valence-corrected chi connectivity index (χ2v) is 7.01. The third-order valence-electron chi connectivity index (χ3n) is 4.26. The fourth-order valence-electron chi connectivity index (χ4n) is 2.86. The first-order chi connectivity index (χ1) is 11.2. The van der Waals surface area contributed by atoms with E-state index in [0.29, 0.717) is 12.6 Å². The van der Waals surface area contributed by atoms with Crippen molar-refractivity contribution >= 4 is 41.3 Å². The van der Waals surface area contributed by atoms with E-state index in [0.717, 1.165) is 38.1 Å². The van der Waals surface area contributed by atoms with Gasteiger partial charge < -0.3 is 10.6 Å². The molecule has 4 nitrogen and oxygen atoms in total. The van der Waals surface area contributed by atoms with Crippen LogP contribution in [0.25, 0.3) is 0 Å². The smallest absolute Gasteiger partial charge is 0.192 e. The lowest BCUT2D eigenvalue weighted by molar-refractivity contribution is 0.143. The summed E-state index contributed by atoms with van der Waals surface area (Å²) in [5.74, 6) is 4.24. The number of thiophene rings is 1. The van der Waals surface area contributed by atoms with Crippen molar-refractivity contribution in [2.75, 3.05) is 32.7 Å². The van der Waals surface area contributed by atoms with E-state index >= 15 is 0 Å². The summed E-state index contributed by atoms with van der Waals surface area (Å²) in [7, 11) is 0. The molecule has 1 aromatic rings. The van der Waals surface area contributed by atoms with Crippen LogP contribution in [0.15, 0.2) is 22.5 Å². The molecule has 0 aliphatic carbocycles. The first-order valence-corrected chi connectivity index (χ1v) is 9.35. The monoisotopic (exact) mass is 460 g/mol. The van der Waals surface area contributed by atoms with Gasteiger partial charge in [0.05, 0.1) is 19.1 Å². The van der Waals surface area contributed by atoms with Gasteiger partial charge in [-0.2, -0.15) is 0 Å². The molecule has 1 unspecified atom stereocenters. The van der Waals surface area contributed by atoms with Gasteiger partial charge in [-0.15, -0.1) is 41.7 Å². The van der Waals surface area contributed by atoms with Crippen LogP contribution in [0.1, 0.15) is 37.6 Å². The molecule has 1 atom stereocenters. The topological polar surface area (TPSA) is 39.7 Å². The number of hydrogen-bond donors (Lipinski definition) is 2. The highest BCUT2D eigenvalue weighted by Crippen LogP contribution is 2.29. The van der Waals surface area contributed by atoms with Crippen molar-refractivity contribution in [3.8, 4) is 12.3 Å². The number of rotatable bonds is 6. The van der Waals surface area contributed by atoms with E-state index in [1.54, 1.807) is 0 Å². The molecule has 1 fully saturated rings. The van der Waals surface area contributed by atoms with Crippen molar-refractivity contribution in [1.82, 2.24) is 15.5 Å². The lowest BCUT2D eigenvalue weighted by atomic mass is 9.97. The van der Waals surface area contributed by atoms with E-state index in [4.69, 9.17) is 11.4 Å². The fraction of sp³-hybridized carbons (Fsp3) is 0.611. The van der Waals surface area contributed by atoms with Crippen LogP contribution in [-0.2, 0) is 0 Å². The van der Waals surface area contributed by atoms with Crippen LogP contribution in [0.4, 0.5) is 0 Å². The second kappa shape index (κ2) is 11.7. The number of terminal acetylenes is 1. The summed E-state index contributed by atoms with van der Waals surface area (Å²) in [5.41, 5.74) is 0. The van der Waals surface area contributed by atoms with Crippen molar-refractivity contribution in [3.63, 3.8) is 0 Å². The largest absolute Gasteiger partial charge is 0.357 e. The summed E-state index contributed by atoms with van der Waals surface area (Å²) in [6.45, 7) is 8.83. The number of guanidine groups is 1. The summed E-state index contributed by atoms with van der Waals surface area (Å²) in [6, 6.07) is 4.72. The second-order valence-electron chi connectivity index (χ2n) is 6.03. The highest BCUT2D eigenvalue weighted by molar-refractivity contribution is 14.0. The third-order valence-corrected chi connectivity index (χ3v) is 5.23. The summed E-state index contributed by atoms with van der Waals surface area (Å²) in [5, 5.41) is 8.58. The van der Waals surface area contributed by atoms with E-state index in [1.807, 2.05) is 11.3 Å². The minimum absolute atomic E-state index is 0. The zero-order valence-electron chi connectivity index (χ0n) is 14.6. The maximum Gasteiger partial charge on any atom is 0.192 e. The Hall–Kier alpha value is -0.780. The maximum atomic E-state index is 5.33. The van der Waals surface area contributed by atoms with E-state index < -0.39 is 0 Å². The Kier molecular flexibility index (Phi) is 10.4. The Morgan fingerprint density at radius 2 is 2.21 bits per heavy atom. The Morgan fingerprint density at radius 3 is 2.79 bits per heavy atom. The molecule has 0 saturated carbocycles. The van der Waals surface area contributed by atoms with Crippen LogP contribution in [0.3, 0.4) is 0 Å². The van der Waals surface area contributed by atoms with E-state index in [-0.39, 0.29) is 24.0 Å². The average molecular weight is 460 g/mol. The van der Waals surface area contributed by atoms with Crippen molar-refractivity contribution in [2.24, 2.45) is 10.9 Å². The fourth-order valence-corrected chi connectivity index (χ4v) is 3.71. The van der Waals surface area contributed by atoms with Gasteiger partial charge in [0.1, 0.15) is 0 Å². The number of nitrogens with zero attached hydrogens (tertiary/aromatic N) is 2. The zero-order chi connectivity index (χ0) is 16.5. The van der Waals surface area contributed by atoms with Crippen LogP contribution >= 0.6 is 35.3 Å². The SMILES string of the molecule is C#CCNC(=NCC(c1cccs1)N1CCC(C)CC1)NCC.I. The molecule has 0 amide bonds. The highest BCUT2D eigenvalue weighted by atomic mass is 127. The summed E-state index contributed by atoms with van der Waals surface area (Å²) >= 11 is 1.82. The minimum atomic E-state index is 0. The van der Waals surface area contributed by atoms with Gasteiger partial charge in [-0.05, 0) is 50.2 Å². The van der Waals surface area contributed by atoms with Crippen molar-refractivity contribution in [3.05, 3.63) is 22.4 Å². The Morgan fingerprint density at radius 1 is 1.46 bits per heavy atom. The van der Waals surface area contributed by atoms with E-state index in [9.17, 15) is 0 Å². The van der Waals surface area contributed by atoms with Crippen LogP contribution < -0.4 is 10.6 Å². The van der Waals surface area contributed by atoms with Crippen molar-refractivity contribution in [2.45, 2.75) is 32.7 Å². The van der Waals surface area contributed by atoms with Crippen LogP contribution in [-0.4, -0.2) is 43.6 Å². The Balaban J connectivity index is 0.00000288. The molecule has 0 bridgehead atoms. The van der Waals surface area contributed by atoms with Gasteiger partial charge >= 0.3 is 0 Å². The predicted molar refractivity (Wildman–Crippen MR) is 115 cm³/mol. The van der Waals surface area contributed by atoms with Gasteiger partial charge in [-0.1, -0.05) is 18.9 Å². The Labute approximate surface area is 167 Å². The molecule has 1 aromatic heterocycles. The van der Waals surface area contributed by atoms with Gasteiger partial charge in [-0.25, -0.2) is 0 Å². The minimum Gasteiger partial charge on any atom is -0.357 e. The van der Waals surface area contributed by atoms with Gasteiger partial charge in [0.2, 0.25) is 0 Å². The quantitative estimate of drug-likeness (QED) is 0.296. The highest BCUT2D eigenvalue weighted by Gasteiger charge is 2.25. The molecule has 1 saturated heterocycles. The third kappa shape index (κ3) is 6.61. The van der Waals surface area contributed by atoms with Gasteiger partial charge in [0.25, 0.3) is 0 Å². The molecule has 134 valence electrons. The average Bonchev–Trinajstić information content (AvgIpc) is 3.08. The van der Waals surface area contributed by atoms with Gasteiger partial charge in [0, 0.05) is 11.4 Å². The lowest BCUT2D eigenvalue weighted by Gasteiger charge is -2.35. The van der Waals surface area contributed by atoms with Crippen LogP contribution in [0, 0.1) is 18.3 Å². The predicted octanol–water partition coefficient (Wildman–Crippen LogP) is 3.33. The molecular formula is C18H29IN4S. The van der Waals surface area contributed by atoms with E-state index in [1.165, 1.54) is 17.7 Å². The number of aliphatic imine (C=N–C) groups is 1. The Bertz CT molecular complexity index is 516. The maximum absolute atomic E-state index is 5.33. The first-order valence-electron chi connectivity index (χ1n) is 8.47. The molecule has 2 heterocycles. The van der Waals surface area contributed by atoms with Gasteiger partial charge in [-0.3, -0.25) is 9.89 Å². The van der Waals surface area contributed by atoms with E-state index in [2.05, 4.69) is 52.8 Å². The standard InChI is InChI=1S/C18H28N4S.HI/c1-4-10-20-18(19-5-2)21-14-16(17-7-6-13-23-17)22-11-8-15(3)9-12-22;/h1,6-7,13,15-16H,5,8-12,14H2,2-3H3,(H2,19,20,21);1H. The first kappa shape index (κ1) is 21.3. The summed E-state index contributed by atoms with van der Waals surface area (Å²) in [6.07, 6.45) is 7.89. The molecule has 0 radical (unpaired) electrons. The molecule has 2 rings (SSSR count). The van der Waals surface area contributed by atoms with Crippen LogP contribution in [0.2, 0.25) is 0 Å². The number of likely N-dealkylation sites (tertiary alicyclic amines) is 1. The molecule has 1 aliphatic rings. The summed E-state index contributed by atoms with van der Waals surface area (Å²) in [4.78, 5) is 8.75. The number of hydrogen-bond acceptors (Lipinski definition) is 3. The molecule has 2 N–H and O–H groups in total. The lowest BCUT2D eigenvalue weighted by Crippen LogP contribution is -2.40. The number of piperidine rings is 1. The summed E-state index contributed by atoms with van der Waals surface area (Å²) < 4.78 is 0.